The average molecular weight is 486 g/mol. The molecule has 1 fully saturated rings. The van der Waals surface area contributed by atoms with Crippen molar-refractivity contribution in [3.63, 3.8) is 0 Å². The molecule has 0 saturated heterocycles. The van der Waals surface area contributed by atoms with E-state index in [9.17, 15) is 17.6 Å². The maximum Gasteiger partial charge on any atom is 0.250 e. The largest absolute Gasteiger partial charge is 0.318 e. The first-order valence-electron chi connectivity index (χ1n) is 10.5. The van der Waals surface area contributed by atoms with Crippen LogP contribution in [-0.2, 0) is 23.5 Å². The fourth-order valence-electron chi connectivity index (χ4n) is 4.49. The molecule has 6 nitrogen and oxygen atoms in total. The minimum absolute atomic E-state index is 0.152. The van der Waals surface area contributed by atoms with Gasteiger partial charge in [-0.1, -0.05) is 11.6 Å². The van der Waals surface area contributed by atoms with E-state index in [1.807, 2.05) is 13.0 Å². The summed E-state index contributed by atoms with van der Waals surface area (Å²) in [6, 6.07) is 11.0. The number of aryl methyl sites for hydroxylation is 1. The number of hydrogen-bond donors (Lipinski definition) is 2. The van der Waals surface area contributed by atoms with Crippen LogP contribution in [0, 0.1) is 5.82 Å². The molecule has 0 bridgehead atoms. The Labute approximate surface area is 196 Å². The van der Waals surface area contributed by atoms with Crippen molar-refractivity contribution in [3.8, 4) is 11.1 Å². The second kappa shape index (κ2) is 7.90. The van der Waals surface area contributed by atoms with Crippen molar-refractivity contribution in [2.75, 3.05) is 0 Å². The Morgan fingerprint density at radius 2 is 1.82 bits per heavy atom. The summed E-state index contributed by atoms with van der Waals surface area (Å²) in [6.45, 7) is 1.90. The number of nitrogens with one attached hydrogen (secondary N) is 1. The second-order valence-corrected chi connectivity index (χ2v) is 9.73. The molecule has 0 radical (unpaired) electrons. The molecule has 2 aromatic carbocycles. The van der Waals surface area contributed by atoms with Gasteiger partial charge in [0.05, 0.1) is 17.3 Å². The average Bonchev–Trinajstić information content (AvgIpc) is 3.54. The van der Waals surface area contributed by atoms with Gasteiger partial charge in [-0.05, 0) is 72.9 Å². The van der Waals surface area contributed by atoms with Gasteiger partial charge < -0.3 is 4.57 Å². The quantitative estimate of drug-likeness (QED) is 0.551. The highest BCUT2D eigenvalue weighted by Gasteiger charge is 2.47. The third-order valence-corrected chi connectivity index (χ3v) is 7.30. The van der Waals surface area contributed by atoms with Crippen LogP contribution in [0.15, 0.2) is 58.4 Å². The number of benzene rings is 2. The smallest absolute Gasteiger partial charge is 0.250 e. The predicted octanol–water partition coefficient (Wildman–Crippen LogP) is 3.86. The summed E-state index contributed by atoms with van der Waals surface area (Å²) in [5.41, 5.74) is 4.27. The maximum atomic E-state index is 13.6. The third kappa shape index (κ3) is 3.82. The van der Waals surface area contributed by atoms with Crippen LogP contribution in [0.25, 0.3) is 11.1 Å². The van der Waals surface area contributed by atoms with Gasteiger partial charge in [0.2, 0.25) is 10.9 Å². The van der Waals surface area contributed by atoms with Crippen LogP contribution in [0.5, 0.6) is 0 Å². The lowest BCUT2D eigenvalue weighted by atomic mass is 9.89. The fourth-order valence-corrected chi connectivity index (χ4v) is 5.52. The molecule has 0 unspecified atom stereocenters. The summed E-state index contributed by atoms with van der Waals surface area (Å²) < 4.78 is 40.7. The molecule has 1 atom stereocenters. The number of aliphatic imine (C=N–C) groups is 1. The molecule has 33 heavy (non-hydrogen) atoms. The number of halogens is 2. The Hall–Kier alpha value is -2.81. The number of aromatic nitrogens is 1. The van der Waals surface area contributed by atoms with E-state index in [0.717, 1.165) is 27.8 Å². The molecule has 1 aromatic heterocycles. The zero-order chi connectivity index (χ0) is 23.5. The summed E-state index contributed by atoms with van der Waals surface area (Å²) in [4.78, 5) is 17.3. The van der Waals surface area contributed by atoms with Gasteiger partial charge in [-0.2, -0.15) is 0 Å². The monoisotopic (exact) mass is 485 g/mol. The van der Waals surface area contributed by atoms with Crippen molar-refractivity contribution in [1.82, 2.24) is 9.29 Å². The molecule has 2 heterocycles. The van der Waals surface area contributed by atoms with Gasteiger partial charge in [-0.25, -0.2) is 17.5 Å². The lowest BCUT2D eigenvalue weighted by Gasteiger charge is -2.20. The first kappa shape index (κ1) is 22.0. The number of thiol groups is 1. The van der Waals surface area contributed by atoms with E-state index >= 15 is 0 Å². The van der Waals surface area contributed by atoms with Crippen molar-refractivity contribution < 1.29 is 12.8 Å². The summed E-state index contributed by atoms with van der Waals surface area (Å²) in [5, 5.41) is 0.423. The summed E-state index contributed by atoms with van der Waals surface area (Å²) in [7, 11) is -1.13. The predicted molar refractivity (Wildman–Crippen MR) is 127 cm³/mol. The first-order valence-corrected chi connectivity index (χ1v) is 12.1. The molecule has 170 valence electrons. The van der Waals surface area contributed by atoms with E-state index in [1.54, 1.807) is 37.5 Å². The Morgan fingerprint density at radius 3 is 2.45 bits per heavy atom. The molecule has 1 saturated carbocycles. The van der Waals surface area contributed by atoms with E-state index in [0.29, 0.717) is 29.1 Å². The summed E-state index contributed by atoms with van der Waals surface area (Å²) >= 11 is 6.71. The summed E-state index contributed by atoms with van der Waals surface area (Å²) in [6.07, 6.45) is 3.06. The molecule has 2 aliphatic rings. The number of rotatable bonds is 4. The van der Waals surface area contributed by atoms with Crippen LogP contribution in [0.1, 0.15) is 48.1 Å². The molecular formula is C24H21ClFN3O3S. The lowest BCUT2D eigenvalue weighted by Crippen LogP contribution is -2.28. The standard InChI is InChI=1S/C24H21ClFN3O3S/c1-13-16-11-22(30)29(2)12-19(16)17-9-20(24(7-8-24)28-33(31)32)21(25)10-18(17)23(27-13)14-3-5-15(26)6-4-14/h3-6,9-13,33H,7-8H2,1-2H3,(H,28,31,32)/t13-/m0/s1. The number of pyridine rings is 1. The van der Waals surface area contributed by atoms with E-state index < -0.39 is 16.4 Å². The Balaban J connectivity index is 1.82. The molecule has 0 spiro atoms. The van der Waals surface area contributed by atoms with Crippen LogP contribution in [-0.4, -0.2) is 18.7 Å². The molecule has 0 amide bonds. The number of fused-ring (bicyclic) bond motifs is 3. The maximum absolute atomic E-state index is 13.6. The van der Waals surface area contributed by atoms with E-state index in [-0.39, 0.29) is 17.4 Å². The van der Waals surface area contributed by atoms with E-state index in [4.69, 9.17) is 16.6 Å². The number of hydrogen-bond acceptors (Lipinski definition) is 4. The molecule has 3 aromatic rings. The van der Waals surface area contributed by atoms with Crippen molar-refractivity contribution in [3.05, 3.63) is 92.1 Å². The topological polar surface area (TPSA) is 80.5 Å². The van der Waals surface area contributed by atoms with Gasteiger partial charge in [-0.15, -0.1) is 0 Å². The Morgan fingerprint density at radius 1 is 1.12 bits per heavy atom. The SMILES string of the molecule is C[C@@H]1N=C(c2ccc(F)cc2)c2cc(Cl)c(C3(N[SH](=O)=O)CC3)cc2-c2cn(C)c(=O)cc21. The van der Waals surface area contributed by atoms with Crippen molar-refractivity contribution in [1.29, 1.82) is 0 Å². The highest BCUT2D eigenvalue weighted by atomic mass is 35.5. The highest BCUT2D eigenvalue weighted by Crippen LogP contribution is 2.50. The van der Waals surface area contributed by atoms with Crippen LogP contribution >= 0.6 is 11.6 Å². The minimum Gasteiger partial charge on any atom is -0.318 e. The van der Waals surface area contributed by atoms with E-state index in [2.05, 4.69) is 4.72 Å². The Bertz CT molecular complexity index is 1450. The van der Waals surface area contributed by atoms with Gasteiger partial charge in [0.1, 0.15) is 5.82 Å². The van der Waals surface area contributed by atoms with Crippen molar-refractivity contribution >= 4 is 28.2 Å². The van der Waals surface area contributed by atoms with Gasteiger partial charge in [-0.3, -0.25) is 9.79 Å². The lowest BCUT2D eigenvalue weighted by molar-refractivity contribution is 0.571. The fraction of sp³-hybridized carbons (Fsp3) is 0.250. The molecule has 1 aliphatic heterocycles. The van der Waals surface area contributed by atoms with Gasteiger partial charge in [0, 0.05) is 41.0 Å². The van der Waals surface area contributed by atoms with Gasteiger partial charge in [0.25, 0.3) is 5.56 Å². The van der Waals surface area contributed by atoms with Crippen LogP contribution in [0.4, 0.5) is 4.39 Å². The molecule has 5 rings (SSSR count). The van der Waals surface area contributed by atoms with Crippen LogP contribution < -0.4 is 10.3 Å². The van der Waals surface area contributed by atoms with E-state index in [1.165, 1.54) is 16.7 Å². The minimum atomic E-state index is -2.81. The number of nitrogens with zero attached hydrogens (tertiary/aromatic N) is 2. The zero-order valence-corrected chi connectivity index (χ0v) is 19.6. The first-order chi connectivity index (χ1) is 15.7. The molecule has 1 N–H and O–H groups in total. The Kier molecular flexibility index (Phi) is 5.27. The molecule has 9 heteroatoms. The van der Waals surface area contributed by atoms with Crippen molar-refractivity contribution in [2.24, 2.45) is 12.0 Å². The summed E-state index contributed by atoms with van der Waals surface area (Å²) in [5.74, 6) is -0.352. The zero-order valence-electron chi connectivity index (χ0n) is 17.9. The highest BCUT2D eigenvalue weighted by molar-refractivity contribution is 7.70. The molecular weight excluding hydrogens is 465 g/mol. The molecule has 1 aliphatic carbocycles. The van der Waals surface area contributed by atoms with Crippen LogP contribution in [0.2, 0.25) is 5.02 Å². The van der Waals surface area contributed by atoms with Gasteiger partial charge >= 0.3 is 0 Å². The third-order valence-electron chi connectivity index (χ3n) is 6.37. The second-order valence-electron chi connectivity index (χ2n) is 8.58. The normalized spacial score (nSPS) is 18.3. The van der Waals surface area contributed by atoms with Crippen molar-refractivity contribution in [2.45, 2.75) is 31.3 Å². The van der Waals surface area contributed by atoms with Gasteiger partial charge in [0.15, 0.2) is 0 Å². The van der Waals surface area contributed by atoms with Crippen LogP contribution in [0.3, 0.4) is 0 Å².